The van der Waals surface area contributed by atoms with E-state index in [4.69, 9.17) is 10.7 Å². The quantitative estimate of drug-likeness (QED) is 0.162. The minimum Gasteiger partial charge on any atom is -0.325 e. The largest absolute Gasteiger partial charge is 0.325 e. The van der Waals surface area contributed by atoms with E-state index in [1.54, 1.807) is 66.9 Å². The van der Waals surface area contributed by atoms with E-state index in [1.165, 1.54) is 22.6 Å². The summed E-state index contributed by atoms with van der Waals surface area (Å²) >= 11 is 0. The number of benzene rings is 4. The highest BCUT2D eigenvalue weighted by molar-refractivity contribution is 7.90. The van der Waals surface area contributed by atoms with Gasteiger partial charge in [0.1, 0.15) is 11.0 Å². The number of nitrogens with two attached hydrogens (primary N) is 1. The van der Waals surface area contributed by atoms with Crippen molar-refractivity contribution in [3.05, 3.63) is 180 Å². The lowest BCUT2D eigenvalue weighted by Gasteiger charge is -2.08. The SMILES string of the molecule is Cc1ccc(S(=O)(=O)n2ccc3nc(CN)cnc32)cc1.Cc1ccc(S(=O)(=O)n2ccc3nc(CN=C(c4ccccc4)c4ccccc4)cnc32)cc1. The van der Waals surface area contributed by atoms with Crippen molar-refractivity contribution < 1.29 is 16.8 Å². The normalized spacial score (nSPS) is 11.6. The fourth-order valence-corrected chi connectivity index (χ4v) is 8.36. The molecule has 0 unspecified atom stereocenters. The zero-order chi connectivity index (χ0) is 38.6. The summed E-state index contributed by atoms with van der Waals surface area (Å²) in [7, 11) is -7.44. The van der Waals surface area contributed by atoms with E-state index in [0.717, 1.165) is 31.9 Å². The van der Waals surface area contributed by atoms with Crippen LogP contribution in [0.2, 0.25) is 0 Å². The molecular weight excluding hydrogens is 733 g/mol. The molecule has 0 atom stereocenters. The molecule has 8 aromatic rings. The van der Waals surface area contributed by atoms with E-state index < -0.39 is 20.0 Å². The molecule has 276 valence electrons. The molecule has 0 aliphatic heterocycles. The Kier molecular flexibility index (Phi) is 10.5. The van der Waals surface area contributed by atoms with Gasteiger partial charge in [-0.05, 0) is 50.2 Å². The van der Waals surface area contributed by atoms with E-state index in [2.05, 4.69) is 19.9 Å². The van der Waals surface area contributed by atoms with Crippen LogP contribution in [0.1, 0.15) is 33.6 Å². The summed E-state index contributed by atoms with van der Waals surface area (Å²) in [6, 6.07) is 36.7. The van der Waals surface area contributed by atoms with Gasteiger partial charge in [0.15, 0.2) is 11.3 Å². The fraction of sp³-hybridized carbons (Fsp3) is 0.0976. The van der Waals surface area contributed by atoms with Gasteiger partial charge in [0, 0.05) is 30.1 Å². The van der Waals surface area contributed by atoms with Crippen molar-refractivity contribution in [1.82, 2.24) is 27.9 Å². The molecule has 8 rings (SSSR count). The van der Waals surface area contributed by atoms with Gasteiger partial charge in [-0.15, -0.1) is 0 Å². The van der Waals surface area contributed by atoms with Gasteiger partial charge < -0.3 is 5.73 Å². The smallest absolute Gasteiger partial charge is 0.269 e. The number of aliphatic imine (C=N–C) groups is 1. The Balaban J connectivity index is 0.000000190. The van der Waals surface area contributed by atoms with Crippen LogP contribution in [0.15, 0.2) is 161 Å². The third-order valence-electron chi connectivity index (χ3n) is 8.67. The van der Waals surface area contributed by atoms with Crippen LogP contribution >= 0.6 is 0 Å². The van der Waals surface area contributed by atoms with Crippen molar-refractivity contribution in [2.45, 2.75) is 36.7 Å². The Hall–Kier alpha value is -6.35. The monoisotopic (exact) mass is 768 g/mol. The van der Waals surface area contributed by atoms with Crippen molar-refractivity contribution in [3.63, 3.8) is 0 Å². The summed E-state index contributed by atoms with van der Waals surface area (Å²) < 4.78 is 53.8. The minimum absolute atomic E-state index is 0.210. The molecule has 0 amide bonds. The Bertz CT molecular complexity index is 2820. The predicted molar refractivity (Wildman–Crippen MR) is 213 cm³/mol. The fourth-order valence-electron chi connectivity index (χ4n) is 5.76. The van der Waals surface area contributed by atoms with Crippen LogP contribution in [-0.4, -0.2) is 50.4 Å². The molecule has 14 heteroatoms. The second kappa shape index (κ2) is 15.6. The lowest BCUT2D eigenvalue weighted by Crippen LogP contribution is -2.12. The number of aryl methyl sites for hydroxylation is 2. The van der Waals surface area contributed by atoms with Crippen molar-refractivity contribution in [2.75, 3.05) is 0 Å². The molecule has 0 fully saturated rings. The summed E-state index contributed by atoms with van der Waals surface area (Å²) in [6.07, 6.45) is 6.02. The molecule has 4 aromatic heterocycles. The minimum atomic E-state index is -3.76. The Morgan fingerprint density at radius 2 is 1.00 bits per heavy atom. The summed E-state index contributed by atoms with van der Waals surface area (Å²) in [5.41, 5.74) is 13.3. The average Bonchev–Trinajstić information content (AvgIpc) is 3.84. The first-order valence-corrected chi connectivity index (χ1v) is 20.1. The van der Waals surface area contributed by atoms with E-state index >= 15 is 0 Å². The van der Waals surface area contributed by atoms with Crippen molar-refractivity contribution >= 4 is 48.1 Å². The Labute approximate surface area is 318 Å². The molecule has 4 heterocycles. The molecule has 55 heavy (non-hydrogen) atoms. The molecule has 0 saturated heterocycles. The maximum atomic E-state index is 13.1. The number of aromatic nitrogens is 6. The second-order valence-corrected chi connectivity index (χ2v) is 16.2. The summed E-state index contributed by atoms with van der Waals surface area (Å²) in [5, 5.41) is 0. The van der Waals surface area contributed by atoms with Gasteiger partial charge in [-0.1, -0.05) is 96.1 Å². The highest BCUT2D eigenvalue weighted by Gasteiger charge is 2.21. The predicted octanol–water partition coefficient (Wildman–Crippen LogP) is 6.45. The number of nitrogens with zero attached hydrogens (tertiary/aromatic N) is 7. The second-order valence-electron chi connectivity index (χ2n) is 12.6. The van der Waals surface area contributed by atoms with Crippen LogP contribution in [-0.2, 0) is 33.1 Å². The van der Waals surface area contributed by atoms with Gasteiger partial charge >= 0.3 is 0 Å². The molecule has 0 aliphatic carbocycles. The third-order valence-corrected chi connectivity index (χ3v) is 12.0. The van der Waals surface area contributed by atoms with E-state index in [0.29, 0.717) is 40.3 Å². The van der Waals surface area contributed by atoms with E-state index in [-0.39, 0.29) is 16.3 Å². The number of hydrogen-bond acceptors (Lipinski definition) is 10. The van der Waals surface area contributed by atoms with Crippen LogP contribution in [0.3, 0.4) is 0 Å². The molecular formula is C41H36N8O4S2. The van der Waals surface area contributed by atoms with Gasteiger partial charge in [0.2, 0.25) is 0 Å². The maximum absolute atomic E-state index is 13.1. The van der Waals surface area contributed by atoms with Crippen LogP contribution < -0.4 is 5.73 Å². The van der Waals surface area contributed by atoms with Crippen LogP contribution in [0.25, 0.3) is 22.3 Å². The number of fused-ring (bicyclic) bond motifs is 2. The van der Waals surface area contributed by atoms with Gasteiger partial charge in [-0.25, -0.2) is 44.7 Å². The molecule has 0 bridgehead atoms. The molecule has 0 spiro atoms. The van der Waals surface area contributed by atoms with Crippen molar-refractivity contribution in [1.29, 1.82) is 0 Å². The van der Waals surface area contributed by atoms with Gasteiger partial charge in [-0.3, -0.25) is 4.99 Å². The lowest BCUT2D eigenvalue weighted by atomic mass is 10.0. The molecule has 12 nitrogen and oxygen atoms in total. The first-order chi connectivity index (χ1) is 26.5. The lowest BCUT2D eigenvalue weighted by molar-refractivity contribution is 0.587. The highest BCUT2D eigenvalue weighted by Crippen LogP contribution is 2.22. The molecule has 2 N–H and O–H groups in total. The van der Waals surface area contributed by atoms with Gasteiger partial charge in [0.05, 0.1) is 45.8 Å². The molecule has 0 aliphatic rings. The average molecular weight is 769 g/mol. The van der Waals surface area contributed by atoms with Crippen LogP contribution in [0.4, 0.5) is 0 Å². The van der Waals surface area contributed by atoms with Crippen LogP contribution in [0, 0.1) is 13.8 Å². The number of rotatable bonds is 9. The Morgan fingerprint density at radius 1 is 0.582 bits per heavy atom. The van der Waals surface area contributed by atoms with Crippen molar-refractivity contribution in [2.24, 2.45) is 10.7 Å². The Morgan fingerprint density at radius 3 is 1.44 bits per heavy atom. The number of hydrogen-bond donors (Lipinski definition) is 1. The summed E-state index contributed by atoms with van der Waals surface area (Å²) in [5.74, 6) is 0. The van der Waals surface area contributed by atoms with Gasteiger partial charge in [-0.2, -0.15) is 0 Å². The van der Waals surface area contributed by atoms with E-state index in [1.807, 2.05) is 74.5 Å². The highest BCUT2D eigenvalue weighted by atomic mass is 32.2. The third kappa shape index (κ3) is 7.82. The zero-order valence-electron chi connectivity index (χ0n) is 29.9. The topological polar surface area (TPSA) is 168 Å². The standard InChI is InChI=1S/C27H22N4O2S.C14H14N4O2S/c1-20-12-14-24(15-13-20)34(32,33)31-17-16-25-27(31)29-19-23(30-25)18-28-26(21-8-4-2-5-9-21)22-10-6-3-7-11-22;1-10-2-4-12(5-3-10)21(19,20)18-7-6-13-14(18)16-9-11(8-15)17-13/h2-17,19H,18H2,1H3;2-7,9H,8,15H2,1H3. The summed E-state index contributed by atoms with van der Waals surface area (Å²) in [4.78, 5) is 22.7. The van der Waals surface area contributed by atoms with Crippen molar-refractivity contribution in [3.8, 4) is 0 Å². The molecule has 0 radical (unpaired) electrons. The molecule has 4 aromatic carbocycles. The first-order valence-electron chi connectivity index (χ1n) is 17.2. The first kappa shape index (κ1) is 37.0. The summed E-state index contributed by atoms with van der Waals surface area (Å²) in [6.45, 7) is 4.40. The maximum Gasteiger partial charge on any atom is 0.269 e. The zero-order valence-corrected chi connectivity index (χ0v) is 31.6. The van der Waals surface area contributed by atoms with Gasteiger partial charge in [0.25, 0.3) is 20.0 Å². The van der Waals surface area contributed by atoms with Crippen LogP contribution in [0.5, 0.6) is 0 Å². The van der Waals surface area contributed by atoms with E-state index in [9.17, 15) is 16.8 Å². The molecule has 0 saturated carbocycles.